The van der Waals surface area contributed by atoms with Gasteiger partial charge in [-0.15, -0.1) is 0 Å². The van der Waals surface area contributed by atoms with Crippen LogP contribution in [0.1, 0.15) is 5.56 Å². The zero-order valence-corrected chi connectivity index (χ0v) is 11.2. The molecule has 0 radical (unpaired) electrons. The fourth-order valence-electron chi connectivity index (χ4n) is 1.88. The quantitative estimate of drug-likeness (QED) is 0.689. The van der Waals surface area contributed by atoms with Gasteiger partial charge in [-0.1, -0.05) is 11.3 Å². The van der Waals surface area contributed by atoms with Crippen LogP contribution >= 0.6 is 11.3 Å². The monoisotopic (exact) mass is 313 g/mol. The fourth-order valence-corrected chi connectivity index (χ4v) is 2.67. The van der Waals surface area contributed by atoms with Crippen molar-refractivity contribution >= 4 is 27.6 Å². The first-order chi connectivity index (χ1) is 9.90. The highest BCUT2D eigenvalue weighted by Crippen LogP contribution is 2.25. The van der Waals surface area contributed by atoms with Gasteiger partial charge in [-0.25, -0.2) is 9.55 Å². The van der Waals surface area contributed by atoms with Crippen LogP contribution in [-0.4, -0.2) is 19.5 Å². The van der Waals surface area contributed by atoms with Crippen LogP contribution in [0.15, 0.2) is 11.0 Å². The Bertz CT molecular complexity index is 909. The van der Waals surface area contributed by atoms with Gasteiger partial charge in [0.25, 0.3) is 5.95 Å². The molecule has 0 saturated heterocycles. The number of halogens is 3. The summed E-state index contributed by atoms with van der Waals surface area (Å²) in [6, 6.07) is 0. The fraction of sp³-hybridized carbons (Fsp3) is 0.0909. The smallest absolute Gasteiger partial charge is 0.314 e. The Morgan fingerprint density at radius 3 is 2.67 bits per heavy atom. The minimum atomic E-state index is -1.64. The predicted molar refractivity (Wildman–Crippen MR) is 69.8 cm³/mol. The van der Waals surface area contributed by atoms with E-state index in [0.717, 1.165) is 4.57 Å². The van der Waals surface area contributed by atoms with Crippen LogP contribution < -0.4 is 10.6 Å². The SMILES string of the molecule is Cc1c(F)nc(F)c(F)c1-n1c(=O)sc2cnc(N)nc21. The molecule has 10 heteroatoms. The first kappa shape index (κ1) is 13.5. The number of thiazole rings is 1. The number of rotatable bonds is 1. The molecular weight excluding hydrogens is 307 g/mol. The molecule has 0 aliphatic heterocycles. The number of aromatic nitrogens is 4. The average molecular weight is 313 g/mol. The number of anilines is 1. The number of pyridine rings is 1. The Balaban J connectivity index is 2.49. The van der Waals surface area contributed by atoms with Gasteiger partial charge in [0, 0.05) is 5.56 Å². The molecule has 3 heterocycles. The summed E-state index contributed by atoms with van der Waals surface area (Å²) in [4.78, 5) is 21.7. The molecule has 0 spiro atoms. The van der Waals surface area contributed by atoms with Gasteiger partial charge in [-0.05, 0) is 6.92 Å². The van der Waals surface area contributed by atoms with Crippen LogP contribution in [0, 0.1) is 24.6 Å². The van der Waals surface area contributed by atoms with Crippen LogP contribution in [0.25, 0.3) is 16.0 Å². The van der Waals surface area contributed by atoms with Crippen molar-refractivity contribution in [3.63, 3.8) is 0 Å². The Morgan fingerprint density at radius 1 is 1.24 bits per heavy atom. The highest BCUT2D eigenvalue weighted by Gasteiger charge is 2.23. The van der Waals surface area contributed by atoms with Gasteiger partial charge in [0.05, 0.1) is 16.6 Å². The van der Waals surface area contributed by atoms with Gasteiger partial charge >= 0.3 is 4.87 Å². The number of nitrogens with zero attached hydrogens (tertiary/aromatic N) is 4. The number of nitrogens with two attached hydrogens (primary N) is 1. The van der Waals surface area contributed by atoms with E-state index >= 15 is 0 Å². The lowest BCUT2D eigenvalue weighted by molar-refractivity contribution is 0.440. The van der Waals surface area contributed by atoms with Crippen LogP contribution in [0.5, 0.6) is 0 Å². The van der Waals surface area contributed by atoms with Crippen LogP contribution in [0.3, 0.4) is 0 Å². The zero-order chi connectivity index (χ0) is 15.3. The van der Waals surface area contributed by atoms with Gasteiger partial charge in [0.2, 0.25) is 17.7 Å². The molecule has 108 valence electrons. The third kappa shape index (κ3) is 1.95. The van der Waals surface area contributed by atoms with E-state index in [1.54, 1.807) is 0 Å². The second-order valence-corrected chi connectivity index (χ2v) is 5.09. The largest absolute Gasteiger partial charge is 0.368 e. The Kier molecular flexibility index (Phi) is 2.90. The molecule has 0 aliphatic carbocycles. The first-order valence-corrected chi connectivity index (χ1v) is 6.37. The molecule has 0 unspecified atom stereocenters. The summed E-state index contributed by atoms with van der Waals surface area (Å²) < 4.78 is 41.9. The van der Waals surface area contributed by atoms with Gasteiger partial charge in [-0.3, -0.25) is 4.79 Å². The van der Waals surface area contributed by atoms with Crippen molar-refractivity contribution in [3.05, 3.63) is 39.1 Å². The maximum absolute atomic E-state index is 14.0. The van der Waals surface area contributed by atoms with Crippen molar-refractivity contribution in [1.29, 1.82) is 0 Å². The number of hydrogen-bond donors (Lipinski definition) is 1. The molecule has 3 aromatic rings. The summed E-state index contributed by atoms with van der Waals surface area (Å²) in [5, 5.41) is 0. The lowest BCUT2D eigenvalue weighted by Crippen LogP contribution is -2.17. The molecule has 0 fully saturated rings. The summed E-state index contributed by atoms with van der Waals surface area (Å²) >= 11 is 0.706. The zero-order valence-electron chi connectivity index (χ0n) is 10.4. The standard InChI is InChI=1S/C11H6F3N5OS/c1-3-6(5(12)8(14)17-7(3)13)19-9-4(21-11(19)20)2-16-10(15)18-9/h2H,1H3,(H2,15,16,18). The second-order valence-electron chi connectivity index (χ2n) is 4.10. The lowest BCUT2D eigenvalue weighted by Gasteiger charge is -2.09. The van der Waals surface area contributed by atoms with Crippen molar-refractivity contribution in [2.24, 2.45) is 0 Å². The lowest BCUT2D eigenvalue weighted by atomic mass is 10.2. The van der Waals surface area contributed by atoms with Crippen molar-refractivity contribution in [2.45, 2.75) is 6.92 Å². The number of hydrogen-bond acceptors (Lipinski definition) is 6. The van der Waals surface area contributed by atoms with Crippen LogP contribution in [0.2, 0.25) is 0 Å². The predicted octanol–water partition coefficient (Wildman–Crippen LogP) is 1.55. The molecule has 6 nitrogen and oxygen atoms in total. The maximum Gasteiger partial charge on any atom is 0.314 e. The topological polar surface area (TPSA) is 86.7 Å². The third-order valence-corrected chi connectivity index (χ3v) is 3.69. The molecule has 0 atom stereocenters. The normalized spacial score (nSPS) is 11.2. The van der Waals surface area contributed by atoms with Gasteiger partial charge in [0.15, 0.2) is 5.65 Å². The Labute approximate surface area is 118 Å². The van der Waals surface area contributed by atoms with Gasteiger partial charge in [0.1, 0.15) is 0 Å². The van der Waals surface area contributed by atoms with Gasteiger partial charge in [-0.2, -0.15) is 23.1 Å². The summed E-state index contributed by atoms with van der Waals surface area (Å²) in [7, 11) is 0. The highest BCUT2D eigenvalue weighted by molar-refractivity contribution is 7.16. The summed E-state index contributed by atoms with van der Waals surface area (Å²) in [6.45, 7) is 1.18. The van der Waals surface area contributed by atoms with Crippen LogP contribution in [0.4, 0.5) is 19.1 Å². The van der Waals surface area contributed by atoms with E-state index in [4.69, 9.17) is 5.73 Å². The molecular formula is C11H6F3N5OS. The molecule has 0 saturated carbocycles. The molecule has 0 bridgehead atoms. The van der Waals surface area contributed by atoms with Crippen molar-refractivity contribution in [3.8, 4) is 5.69 Å². The Hall–Kier alpha value is -2.49. The molecule has 2 N–H and O–H groups in total. The third-order valence-electron chi connectivity index (χ3n) is 2.82. The highest BCUT2D eigenvalue weighted by atomic mass is 32.1. The minimum Gasteiger partial charge on any atom is -0.368 e. The summed E-state index contributed by atoms with van der Waals surface area (Å²) in [6.07, 6.45) is 1.28. The van der Waals surface area contributed by atoms with Crippen molar-refractivity contribution in [2.75, 3.05) is 5.73 Å². The Morgan fingerprint density at radius 2 is 1.95 bits per heavy atom. The van der Waals surface area contributed by atoms with Gasteiger partial charge < -0.3 is 5.73 Å². The minimum absolute atomic E-state index is 0.0236. The molecule has 3 rings (SSSR count). The van der Waals surface area contributed by atoms with Crippen LogP contribution in [-0.2, 0) is 0 Å². The van der Waals surface area contributed by atoms with E-state index in [-0.39, 0.29) is 17.2 Å². The van der Waals surface area contributed by atoms with E-state index < -0.39 is 28.3 Å². The first-order valence-electron chi connectivity index (χ1n) is 5.55. The second kappa shape index (κ2) is 4.52. The van der Waals surface area contributed by atoms with Crippen molar-refractivity contribution < 1.29 is 13.2 Å². The molecule has 0 aliphatic rings. The summed E-state index contributed by atoms with van der Waals surface area (Å²) in [5.41, 5.74) is 4.52. The van der Waals surface area contributed by atoms with E-state index in [2.05, 4.69) is 15.0 Å². The molecule has 21 heavy (non-hydrogen) atoms. The van der Waals surface area contributed by atoms with E-state index in [1.165, 1.54) is 13.1 Å². The summed E-state index contributed by atoms with van der Waals surface area (Å²) in [5.74, 6) is -4.44. The molecule has 0 aromatic carbocycles. The van der Waals surface area contributed by atoms with E-state index in [0.29, 0.717) is 16.0 Å². The maximum atomic E-state index is 14.0. The number of nitrogen functional groups attached to an aromatic ring is 1. The average Bonchev–Trinajstić information content (AvgIpc) is 2.73. The molecule has 3 aromatic heterocycles. The molecule has 0 amide bonds. The van der Waals surface area contributed by atoms with E-state index in [1.807, 2.05) is 0 Å². The van der Waals surface area contributed by atoms with Crippen molar-refractivity contribution in [1.82, 2.24) is 19.5 Å². The van der Waals surface area contributed by atoms with E-state index in [9.17, 15) is 18.0 Å². The number of fused-ring (bicyclic) bond motifs is 1.